The topological polar surface area (TPSA) is 93.1 Å². The lowest BCUT2D eigenvalue weighted by atomic mass is 10.0. The van der Waals surface area contributed by atoms with Crippen LogP contribution < -0.4 is 0 Å². The first-order valence-corrected chi connectivity index (χ1v) is 11.4. The van der Waals surface area contributed by atoms with Crippen molar-refractivity contribution >= 4 is 13.8 Å². The SMILES string of the molecule is C=C(C)C(=O)OCCCCCCCCCCCCCCCOP(=O)(O)O. The molecule has 7 heteroatoms. The Kier molecular flexibility index (Phi) is 16.1. The molecule has 26 heavy (non-hydrogen) atoms. The lowest BCUT2D eigenvalue weighted by Crippen LogP contribution is -2.05. The number of carbonyl (C=O) groups excluding carboxylic acids is 1. The molecule has 0 aliphatic carbocycles. The molecule has 0 aliphatic heterocycles. The van der Waals surface area contributed by atoms with E-state index in [0.29, 0.717) is 18.6 Å². The van der Waals surface area contributed by atoms with Crippen molar-refractivity contribution < 1.29 is 28.4 Å². The maximum Gasteiger partial charge on any atom is 0.469 e. The molecule has 0 amide bonds. The van der Waals surface area contributed by atoms with Gasteiger partial charge in [-0.1, -0.05) is 77.2 Å². The Hall–Kier alpha value is -0.680. The van der Waals surface area contributed by atoms with Gasteiger partial charge in [-0.2, -0.15) is 0 Å². The molecule has 0 aromatic rings. The zero-order chi connectivity index (χ0) is 19.7. The van der Waals surface area contributed by atoms with Crippen molar-refractivity contribution in [3.8, 4) is 0 Å². The van der Waals surface area contributed by atoms with Crippen molar-refractivity contribution in [1.29, 1.82) is 0 Å². The highest BCUT2D eigenvalue weighted by atomic mass is 31.2. The molecule has 0 atom stereocenters. The molecule has 0 fully saturated rings. The van der Waals surface area contributed by atoms with E-state index in [1.807, 2.05) is 0 Å². The van der Waals surface area contributed by atoms with Crippen molar-refractivity contribution in [2.75, 3.05) is 13.2 Å². The first-order valence-electron chi connectivity index (χ1n) is 9.85. The fraction of sp³-hybridized carbons (Fsp3) is 0.842. The van der Waals surface area contributed by atoms with E-state index in [9.17, 15) is 9.36 Å². The van der Waals surface area contributed by atoms with Crippen LogP contribution in [0.25, 0.3) is 0 Å². The lowest BCUT2D eigenvalue weighted by Gasteiger charge is -2.05. The molecule has 0 aliphatic rings. The second kappa shape index (κ2) is 16.5. The van der Waals surface area contributed by atoms with Crippen molar-refractivity contribution in [3.63, 3.8) is 0 Å². The molecule has 0 unspecified atom stereocenters. The summed E-state index contributed by atoms with van der Waals surface area (Å²) in [5.74, 6) is -0.292. The molecule has 0 rings (SSSR count). The normalized spacial score (nSPS) is 11.5. The molecule has 0 saturated heterocycles. The second-order valence-corrected chi connectivity index (χ2v) is 8.08. The van der Waals surface area contributed by atoms with Crippen molar-refractivity contribution in [3.05, 3.63) is 12.2 Å². The average Bonchev–Trinajstić information content (AvgIpc) is 2.56. The summed E-state index contributed by atoms with van der Waals surface area (Å²) in [6.07, 6.45) is 14.7. The number of hydrogen-bond donors (Lipinski definition) is 2. The Balaban J connectivity index is 3.12. The first-order chi connectivity index (χ1) is 12.3. The highest BCUT2D eigenvalue weighted by molar-refractivity contribution is 7.46. The van der Waals surface area contributed by atoms with Crippen LogP contribution in [0.5, 0.6) is 0 Å². The molecule has 0 spiro atoms. The van der Waals surface area contributed by atoms with Gasteiger partial charge in [0.15, 0.2) is 0 Å². The maximum atomic E-state index is 11.2. The van der Waals surface area contributed by atoms with Gasteiger partial charge in [-0.3, -0.25) is 4.52 Å². The molecule has 0 saturated carbocycles. The summed E-state index contributed by atoms with van der Waals surface area (Å²) in [4.78, 5) is 28.2. The van der Waals surface area contributed by atoms with Crippen LogP contribution in [0.15, 0.2) is 12.2 Å². The molecule has 0 radical (unpaired) electrons. The van der Waals surface area contributed by atoms with Gasteiger partial charge in [-0.15, -0.1) is 0 Å². The Morgan fingerprint density at radius 2 is 1.12 bits per heavy atom. The Morgan fingerprint density at radius 1 is 0.769 bits per heavy atom. The van der Waals surface area contributed by atoms with Gasteiger partial charge in [-0.25, -0.2) is 9.36 Å². The average molecular weight is 392 g/mol. The lowest BCUT2D eigenvalue weighted by molar-refractivity contribution is -0.139. The minimum Gasteiger partial charge on any atom is -0.462 e. The Labute approximate surface area is 158 Å². The van der Waals surface area contributed by atoms with Crippen LogP contribution in [-0.2, 0) is 18.6 Å². The van der Waals surface area contributed by atoms with Crippen LogP contribution in [0.1, 0.15) is 90.4 Å². The minimum absolute atomic E-state index is 0.139. The standard InChI is InChI=1S/C19H37O6P/c1-18(2)19(20)24-16-14-12-10-8-6-4-3-5-7-9-11-13-15-17-25-26(21,22)23/h1,3-17H2,2H3,(H2,21,22,23). The molecule has 154 valence electrons. The highest BCUT2D eigenvalue weighted by Gasteiger charge is 2.12. The van der Waals surface area contributed by atoms with Crippen LogP contribution >= 0.6 is 7.82 Å². The van der Waals surface area contributed by atoms with Gasteiger partial charge in [0.1, 0.15) is 0 Å². The van der Waals surface area contributed by atoms with Crippen LogP contribution in [0.3, 0.4) is 0 Å². The molecular weight excluding hydrogens is 355 g/mol. The van der Waals surface area contributed by atoms with Crippen LogP contribution in [-0.4, -0.2) is 29.0 Å². The van der Waals surface area contributed by atoms with Crippen molar-refractivity contribution in [1.82, 2.24) is 0 Å². The van der Waals surface area contributed by atoms with Gasteiger partial charge >= 0.3 is 13.8 Å². The molecule has 6 nitrogen and oxygen atoms in total. The third kappa shape index (κ3) is 19.6. The predicted molar refractivity (Wildman–Crippen MR) is 104 cm³/mol. The van der Waals surface area contributed by atoms with E-state index in [2.05, 4.69) is 11.1 Å². The molecule has 0 bridgehead atoms. The van der Waals surface area contributed by atoms with Gasteiger partial charge in [0.05, 0.1) is 13.2 Å². The smallest absolute Gasteiger partial charge is 0.462 e. The van der Waals surface area contributed by atoms with E-state index in [1.165, 1.54) is 51.4 Å². The van der Waals surface area contributed by atoms with E-state index in [1.54, 1.807) is 6.92 Å². The summed E-state index contributed by atoms with van der Waals surface area (Å²) in [6, 6.07) is 0. The quantitative estimate of drug-likeness (QED) is 0.143. The summed E-state index contributed by atoms with van der Waals surface area (Å²) < 4.78 is 19.9. The van der Waals surface area contributed by atoms with Gasteiger partial charge in [0.2, 0.25) is 0 Å². The van der Waals surface area contributed by atoms with E-state index in [4.69, 9.17) is 14.5 Å². The van der Waals surface area contributed by atoms with Crippen LogP contribution in [0, 0.1) is 0 Å². The molecule has 0 aromatic carbocycles. The summed E-state index contributed by atoms with van der Waals surface area (Å²) >= 11 is 0. The van der Waals surface area contributed by atoms with Crippen LogP contribution in [0.4, 0.5) is 0 Å². The van der Waals surface area contributed by atoms with Gasteiger partial charge < -0.3 is 14.5 Å². The third-order valence-electron chi connectivity index (χ3n) is 4.13. The van der Waals surface area contributed by atoms with Crippen molar-refractivity contribution in [2.24, 2.45) is 0 Å². The summed E-state index contributed by atoms with van der Waals surface area (Å²) in [6.45, 7) is 5.85. The fourth-order valence-electron chi connectivity index (χ4n) is 2.62. The number of unbranched alkanes of at least 4 members (excludes halogenated alkanes) is 12. The van der Waals surface area contributed by atoms with E-state index in [-0.39, 0.29) is 12.6 Å². The second-order valence-electron chi connectivity index (χ2n) is 6.84. The zero-order valence-corrected chi connectivity index (χ0v) is 17.2. The molecule has 2 N–H and O–H groups in total. The number of phosphoric ester groups is 1. The number of ether oxygens (including phenoxy) is 1. The number of carbonyl (C=O) groups is 1. The fourth-order valence-corrected chi connectivity index (χ4v) is 2.99. The monoisotopic (exact) mass is 392 g/mol. The predicted octanol–water partition coefficient (Wildman–Crippen LogP) is 5.29. The van der Waals surface area contributed by atoms with Gasteiger partial charge in [0, 0.05) is 5.57 Å². The maximum absolute atomic E-state index is 11.2. The first kappa shape index (κ1) is 25.3. The highest BCUT2D eigenvalue weighted by Crippen LogP contribution is 2.35. The third-order valence-corrected chi connectivity index (χ3v) is 4.65. The zero-order valence-electron chi connectivity index (χ0n) is 16.3. The van der Waals surface area contributed by atoms with E-state index in [0.717, 1.165) is 25.7 Å². The number of rotatable bonds is 18. The largest absolute Gasteiger partial charge is 0.469 e. The van der Waals surface area contributed by atoms with Crippen molar-refractivity contribution in [2.45, 2.75) is 90.4 Å². The Bertz CT molecular complexity index is 418. The van der Waals surface area contributed by atoms with Crippen LogP contribution in [0.2, 0.25) is 0 Å². The summed E-state index contributed by atoms with van der Waals surface area (Å²) in [5.41, 5.74) is 0.457. The minimum atomic E-state index is -4.28. The van der Waals surface area contributed by atoms with E-state index >= 15 is 0 Å². The van der Waals surface area contributed by atoms with Gasteiger partial charge in [0.25, 0.3) is 0 Å². The number of hydrogen-bond acceptors (Lipinski definition) is 4. The number of esters is 1. The summed E-state index contributed by atoms with van der Waals surface area (Å²) in [5, 5.41) is 0. The van der Waals surface area contributed by atoms with E-state index < -0.39 is 7.82 Å². The molecule has 0 aromatic heterocycles. The van der Waals surface area contributed by atoms with Gasteiger partial charge in [-0.05, 0) is 19.8 Å². The molecule has 0 heterocycles. The number of phosphoric acid groups is 1. The molecular formula is C19H37O6P. The summed E-state index contributed by atoms with van der Waals surface area (Å²) in [7, 11) is -4.28. The Morgan fingerprint density at radius 3 is 1.46 bits per heavy atom.